The number of rotatable bonds is 5. The smallest absolute Gasteiger partial charge is 0.161 e. The van der Waals surface area contributed by atoms with E-state index in [1.54, 1.807) is 17.8 Å². The zero-order valence-corrected chi connectivity index (χ0v) is 23.6. The summed E-state index contributed by atoms with van der Waals surface area (Å²) in [6, 6.07) is 21.8. The van der Waals surface area contributed by atoms with Gasteiger partial charge >= 0.3 is 0 Å². The second kappa shape index (κ2) is 10.9. The maximum Gasteiger partial charge on any atom is 0.161 e. The molecule has 192 valence electrons. The van der Waals surface area contributed by atoms with Gasteiger partial charge in [0.2, 0.25) is 0 Å². The van der Waals surface area contributed by atoms with Crippen LogP contribution in [0.3, 0.4) is 0 Å². The van der Waals surface area contributed by atoms with Crippen LogP contribution in [0.25, 0.3) is 0 Å². The van der Waals surface area contributed by atoms with Crippen LogP contribution in [0.5, 0.6) is 0 Å². The van der Waals surface area contributed by atoms with Crippen LogP contribution in [-0.4, -0.2) is 5.78 Å². The van der Waals surface area contributed by atoms with Crippen molar-refractivity contribution in [2.45, 2.75) is 49.7 Å². The van der Waals surface area contributed by atoms with E-state index in [4.69, 9.17) is 28.9 Å². The van der Waals surface area contributed by atoms with Crippen molar-refractivity contribution in [3.63, 3.8) is 0 Å². The average molecular weight is 561 g/mol. The van der Waals surface area contributed by atoms with Crippen molar-refractivity contribution >= 4 is 46.4 Å². The lowest BCUT2D eigenvalue weighted by Crippen LogP contribution is -2.39. The summed E-state index contributed by atoms with van der Waals surface area (Å²) in [5, 5.41) is 11.7. The fourth-order valence-corrected chi connectivity index (χ4v) is 6.67. The third kappa shape index (κ3) is 4.97. The van der Waals surface area contributed by atoms with Crippen LogP contribution in [0, 0.1) is 25.2 Å². The molecule has 0 bridgehead atoms. The van der Waals surface area contributed by atoms with Gasteiger partial charge in [0.25, 0.3) is 0 Å². The van der Waals surface area contributed by atoms with Gasteiger partial charge in [-0.2, -0.15) is 5.26 Å². The number of nitrogens with zero attached hydrogens (tertiary/aromatic N) is 2. The Hall–Kier alpha value is -3.17. The average Bonchev–Trinajstić information content (AvgIpc) is 2.89. The van der Waals surface area contributed by atoms with Gasteiger partial charge in [-0.15, -0.1) is 11.8 Å². The summed E-state index contributed by atoms with van der Waals surface area (Å²) in [5.41, 5.74) is 13.7. The van der Waals surface area contributed by atoms with Gasteiger partial charge in [-0.1, -0.05) is 47.0 Å². The second-order valence-corrected chi connectivity index (χ2v) is 11.6. The van der Waals surface area contributed by atoms with Crippen molar-refractivity contribution in [2.24, 2.45) is 5.73 Å². The predicted molar refractivity (Wildman–Crippen MR) is 156 cm³/mol. The minimum atomic E-state index is -0.502. The van der Waals surface area contributed by atoms with Gasteiger partial charge in [-0.05, 0) is 85.8 Å². The first kappa shape index (κ1) is 26.4. The fraction of sp³-hybridized carbons (Fsp3) is 0.226. The van der Waals surface area contributed by atoms with Crippen LogP contribution in [0.15, 0.2) is 88.2 Å². The molecule has 0 radical (unpaired) electrons. The molecule has 4 nitrogen and oxygen atoms in total. The molecule has 1 aliphatic heterocycles. The number of aryl methyl sites for hydroxylation is 1. The Morgan fingerprint density at radius 2 is 1.82 bits per heavy atom. The molecule has 3 aromatic carbocycles. The Labute approximate surface area is 237 Å². The van der Waals surface area contributed by atoms with Crippen LogP contribution in [0.4, 0.5) is 5.69 Å². The third-order valence-electron chi connectivity index (χ3n) is 7.20. The lowest BCUT2D eigenvalue weighted by molar-refractivity contribution is -0.116. The van der Waals surface area contributed by atoms with E-state index in [9.17, 15) is 10.1 Å². The van der Waals surface area contributed by atoms with Gasteiger partial charge in [-0.25, -0.2) is 0 Å². The summed E-state index contributed by atoms with van der Waals surface area (Å²) < 4.78 is 0. The molecule has 0 saturated heterocycles. The number of benzene rings is 3. The van der Waals surface area contributed by atoms with E-state index in [0.29, 0.717) is 39.9 Å². The maximum absolute atomic E-state index is 13.5. The normalized spacial score (nSPS) is 17.5. The summed E-state index contributed by atoms with van der Waals surface area (Å²) in [4.78, 5) is 16.5. The zero-order chi connectivity index (χ0) is 27.0. The number of nitrogens with two attached hydrogens (primary N) is 1. The molecule has 1 atom stereocenters. The van der Waals surface area contributed by atoms with Gasteiger partial charge < -0.3 is 5.73 Å². The lowest BCUT2D eigenvalue weighted by atomic mass is 9.73. The Morgan fingerprint density at radius 3 is 2.53 bits per heavy atom. The number of Topliss-reactive ketones (excluding diaryl/α,β-unsaturated/α-hetero) is 1. The van der Waals surface area contributed by atoms with E-state index in [-0.39, 0.29) is 5.78 Å². The van der Waals surface area contributed by atoms with Gasteiger partial charge in [0.1, 0.15) is 5.82 Å². The number of hydrogen-bond acceptors (Lipinski definition) is 5. The molecule has 0 aromatic heterocycles. The molecule has 38 heavy (non-hydrogen) atoms. The molecule has 0 amide bonds. The van der Waals surface area contributed by atoms with Crippen molar-refractivity contribution in [3.05, 3.63) is 116 Å². The first-order valence-corrected chi connectivity index (χ1v) is 14.2. The zero-order valence-electron chi connectivity index (χ0n) is 21.2. The molecule has 2 aliphatic rings. The number of thioether (sulfide) groups is 1. The summed E-state index contributed by atoms with van der Waals surface area (Å²) >= 11 is 14.1. The fourth-order valence-electron chi connectivity index (χ4n) is 5.41. The van der Waals surface area contributed by atoms with Crippen molar-refractivity contribution < 1.29 is 4.79 Å². The Bertz CT molecular complexity index is 1540. The number of hydrogen-bond donors (Lipinski definition) is 1. The Balaban J connectivity index is 1.63. The van der Waals surface area contributed by atoms with Crippen molar-refractivity contribution in [1.29, 1.82) is 5.26 Å². The number of carbonyl (C=O) groups excluding carboxylic acids is 1. The number of anilines is 1. The van der Waals surface area contributed by atoms with E-state index in [0.717, 1.165) is 45.1 Å². The second-order valence-electron chi connectivity index (χ2n) is 9.68. The number of nitriles is 1. The summed E-state index contributed by atoms with van der Waals surface area (Å²) in [5.74, 6) is 0.676. The SMILES string of the molecule is Cc1cc(CSc2ccc(Cl)cc2)c(C)c(C2C(C#N)=C(N)N(c3cccc(Cl)c3)C3=C2C(=O)CCC3)c1. The molecule has 5 rings (SSSR count). The molecule has 7 heteroatoms. The van der Waals surface area contributed by atoms with Crippen molar-refractivity contribution in [2.75, 3.05) is 4.90 Å². The third-order valence-corrected chi connectivity index (χ3v) is 8.75. The van der Waals surface area contributed by atoms with E-state index in [2.05, 4.69) is 32.0 Å². The minimum Gasteiger partial charge on any atom is -0.384 e. The van der Waals surface area contributed by atoms with Crippen molar-refractivity contribution in [1.82, 2.24) is 0 Å². The van der Waals surface area contributed by atoms with Crippen LogP contribution in [-0.2, 0) is 10.5 Å². The molecule has 0 fully saturated rings. The van der Waals surface area contributed by atoms with Crippen LogP contribution < -0.4 is 10.6 Å². The van der Waals surface area contributed by atoms with Gasteiger partial charge in [0.05, 0.1) is 17.6 Å². The summed E-state index contributed by atoms with van der Waals surface area (Å²) in [6.07, 6.45) is 1.90. The summed E-state index contributed by atoms with van der Waals surface area (Å²) in [6.45, 7) is 4.13. The topological polar surface area (TPSA) is 70.1 Å². The van der Waals surface area contributed by atoms with Crippen LogP contribution >= 0.6 is 35.0 Å². The van der Waals surface area contributed by atoms with E-state index >= 15 is 0 Å². The molecule has 2 N–H and O–H groups in total. The highest BCUT2D eigenvalue weighted by atomic mass is 35.5. The maximum atomic E-state index is 13.5. The highest BCUT2D eigenvalue weighted by molar-refractivity contribution is 7.98. The molecule has 0 spiro atoms. The standard InChI is InChI=1S/C31H27Cl2N3OS/c1-18-13-20(17-38-24-11-9-21(32)10-12-24)19(2)25(14-18)29-26(16-34)31(35)36(23-6-3-5-22(33)15-23)27-7-4-8-28(37)30(27)29/h3,5-6,9-15,29H,4,7-8,17,35H2,1-2H3. The van der Waals surface area contributed by atoms with E-state index < -0.39 is 5.92 Å². The summed E-state index contributed by atoms with van der Waals surface area (Å²) in [7, 11) is 0. The first-order chi connectivity index (χ1) is 18.3. The van der Waals surface area contributed by atoms with E-state index in [1.165, 1.54) is 5.56 Å². The Kier molecular flexibility index (Phi) is 7.59. The van der Waals surface area contributed by atoms with Crippen LogP contribution in [0.1, 0.15) is 47.4 Å². The highest BCUT2D eigenvalue weighted by Gasteiger charge is 2.41. The Morgan fingerprint density at radius 1 is 1.05 bits per heavy atom. The number of halogens is 2. The molecule has 1 unspecified atom stereocenters. The molecular weight excluding hydrogens is 533 g/mol. The highest BCUT2D eigenvalue weighted by Crippen LogP contribution is 2.47. The number of allylic oxidation sites excluding steroid dienone is 3. The number of ketones is 1. The molecule has 3 aromatic rings. The van der Waals surface area contributed by atoms with Gasteiger partial charge in [0, 0.05) is 44.1 Å². The first-order valence-electron chi connectivity index (χ1n) is 12.5. The van der Waals surface area contributed by atoms with Crippen molar-refractivity contribution in [3.8, 4) is 6.07 Å². The predicted octanol–water partition coefficient (Wildman–Crippen LogP) is 8.21. The van der Waals surface area contributed by atoms with E-state index in [1.807, 2.05) is 47.4 Å². The lowest BCUT2D eigenvalue weighted by Gasteiger charge is -2.40. The van der Waals surface area contributed by atoms with Gasteiger partial charge in [0.15, 0.2) is 5.78 Å². The van der Waals surface area contributed by atoms with Gasteiger partial charge in [-0.3, -0.25) is 9.69 Å². The largest absolute Gasteiger partial charge is 0.384 e. The molecule has 1 heterocycles. The molecule has 0 saturated carbocycles. The monoisotopic (exact) mass is 559 g/mol. The molecular formula is C31H27Cl2N3OS. The molecule has 1 aliphatic carbocycles. The quantitative estimate of drug-likeness (QED) is 0.319. The minimum absolute atomic E-state index is 0.0709. The van der Waals surface area contributed by atoms with Crippen LogP contribution in [0.2, 0.25) is 10.0 Å². The number of carbonyl (C=O) groups is 1.